The highest BCUT2D eigenvalue weighted by atomic mass is 16.5. The SMILES string of the molecule is COc1ccccc1-n1ccc(=O)c(-c2ccnn2-c2ccccc2)n1. The van der Waals surface area contributed by atoms with Gasteiger partial charge in [0.1, 0.15) is 11.4 Å². The number of hydrogen-bond donors (Lipinski definition) is 0. The number of aromatic nitrogens is 4. The molecule has 2 heterocycles. The van der Waals surface area contributed by atoms with Crippen LogP contribution in [-0.4, -0.2) is 26.7 Å². The van der Waals surface area contributed by atoms with Crippen LogP contribution in [0, 0.1) is 0 Å². The Morgan fingerprint density at radius 2 is 1.69 bits per heavy atom. The summed E-state index contributed by atoms with van der Waals surface area (Å²) in [7, 11) is 1.60. The van der Waals surface area contributed by atoms with Crippen molar-refractivity contribution in [3.8, 4) is 28.5 Å². The number of para-hydroxylation sites is 3. The monoisotopic (exact) mass is 344 g/mol. The Labute approximate surface area is 149 Å². The predicted molar refractivity (Wildman–Crippen MR) is 98.9 cm³/mol. The van der Waals surface area contributed by atoms with Crippen LogP contribution in [0.3, 0.4) is 0 Å². The van der Waals surface area contributed by atoms with Gasteiger partial charge in [-0.3, -0.25) is 4.79 Å². The molecular weight excluding hydrogens is 328 g/mol. The van der Waals surface area contributed by atoms with Gasteiger partial charge in [0.15, 0.2) is 5.69 Å². The molecule has 4 aromatic rings. The van der Waals surface area contributed by atoms with E-state index in [1.54, 1.807) is 34.9 Å². The van der Waals surface area contributed by atoms with Crippen LogP contribution in [0.5, 0.6) is 5.75 Å². The zero-order valence-corrected chi connectivity index (χ0v) is 14.1. The largest absolute Gasteiger partial charge is 0.494 e. The molecule has 0 saturated carbocycles. The van der Waals surface area contributed by atoms with Gasteiger partial charge in [0.05, 0.1) is 24.7 Å². The van der Waals surface area contributed by atoms with Crippen LogP contribution >= 0.6 is 0 Å². The van der Waals surface area contributed by atoms with Crippen molar-refractivity contribution in [2.24, 2.45) is 0 Å². The van der Waals surface area contributed by atoms with E-state index in [4.69, 9.17) is 4.74 Å². The molecule has 0 aliphatic heterocycles. The number of methoxy groups -OCH3 is 1. The van der Waals surface area contributed by atoms with Gasteiger partial charge in [-0.15, -0.1) is 0 Å². The second-order valence-electron chi connectivity index (χ2n) is 5.61. The summed E-state index contributed by atoms with van der Waals surface area (Å²) in [6.45, 7) is 0. The maximum atomic E-state index is 12.5. The molecule has 0 spiro atoms. The average Bonchev–Trinajstić information content (AvgIpc) is 3.18. The Balaban J connectivity index is 1.87. The van der Waals surface area contributed by atoms with Gasteiger partial charge < -0.3 is 4.74 Å². The van der Waals surface area contributed by atoms with Gasteiger partial charge in [-0.25, -0.2) is 9.36 Å². The first-order chi connectivity index (χ1) is 12.8. The third-order valence-electron chi connectivity index (χ3n) is 4.03. The summed E-state index contributed by atoms with van der Waals surface area (Å²) in [6, 6.07) is 20.4. The molecule has 0 aliphatic carbocycles. The second kappa shape index (κ2) is 6.68. The van der Waals surface area contributed by atoms with Gasteiger partial charge in [0.25, 0.3) is 0 Å². The number of rotatable bonds is 4. The van der Waals surface area contributed by atoms with Crippen molar-refractivity contribution in [2.75, 3.05) is 7.11 Å². The van der Waals surface area contributed by atoms with E-state index in [1.807, 2.05) is 54.6 Å². The molecule has 2 aromatic carbocycles. The first-order valence-electron chi connectivity index (χ1n) is 8.11. The Morgan fingerprint density at radius 1 is 0.923 bits per heavy atom. The minimum absolute atomic E-state index is 0.172. The van der Waals surface area contributed by atoms with Crippen LogP contribution in [0.4, 0.5) is 0 Å². The second-order valence-corrected chi connectivity index (χ2v) is 5.61. The fourth-order valence-corrected chi connectivity index (χ4v) is 2.80. The molecule has 0 fully saturated rings. The fraction of sp³-hybridized carbons (Fsp3) is 0.0500. The van der Waals surface area contributed by atoms with Gasteiger partial charge in [-0.1, -0.05) is 30.3 Å². The smallest absolute Gasteiger partial charge is 0.209 e. The molecule has 0 amide bonds. The molecule has 0 saturated heterocycles. The Bertz CT molecular complexity index is 1100. The van der Waals surface area contributed by atoms with Crippen LogP contribution in [0.25, 0.3) is 22.8 Å². The molecule has 0 N–H and O–H groups in total. The predicted octanol–water partition coefficient (Wildman–Crippen LogP) is 3.09. The van der Waals surface area contributed by atoms with Crippen LogP contribution in [0.15, 0.2) is 83.9 Å². The summed E-state index contributed by atoms with van der Waals surface area (Å²) in [5.74, 6) is 0.672. The first-order valence-corrected chi connectivity index (χ1v) is 8.11. The molecule has 0 unspecified atom stereocenters. The highest BCUT2D eigenvalue weighted by molar-refractivity contribution is 5.57. The molecule has 0 bridgehead atoms. The summed E-state index contributed by atoms with van der Waals surface area (Å²) < 4.78 is 8.74. The van der Waals surface area contributed by atoms with Crippen molar-refractivity contribution >= 4 is 0 Å². The first kappa shape index (κ1) is 15.8. The summed E-state index contributed by atoms with van der Waals surface area (Å²) in [6.07, 6.45) is 3.29. The van der Waals surface area contributed by atoms with E-state index in [2.05, 4.69) is 10.2 Å². The van der Waals surface area contributed by atoms with Gasteiger partial charge in [0, 0.05) is 12.3 Å². The molecule has 6 nitrogen and oxygen atoms in total. The van der Waals surface area contributed by atoms with Gasteiger partial charge in [-0.05, 0) is 30.3 Å². The van der Waals surface area contributed by atoms with E-state index in [0.717, 1.165) is 11.4 Å². The number of benzene rings is 2. The van der Waals surface area contributed by atoms with Crippen LogP contribution in [-0.2, 0) is 0 Å². The maximum absolute atomic E-state index is 12.5. The van der Waals surface area contributed by atoms with E-state index >= 15 is 0 Å². The van der Waals surface area contributed by atoms with Crippen molar-refractivity contribution in [1.82, 2.24) is 19.6 Å². The lowest BCUT2D eigenvalue weighted by Crippen LogP contribution is -2.15. The molecule has 0 atom stereocenters. The number of nitrogens with zero attached hydrogens (tertiary/aromatic N) is 4. The fourth-order valence-electron chi connectivity index (χ4n) is 2.80. The summed E-state index contributed by atoms with van der Waals surface area (Å²) in [4.78, 5) is 12.5. The van der Waals surface area contributed by atoms with E-state index in [9.17, 15) is 4.79 Å². The lowest BCUT2D eigenvalue weighted by atomic mass is 10.2. The average molecular weight is 344 g/mol. The van der Waals surface area contributed by atoms with E-state index in [1.165, 1.54) is 6.07 Å². The lowest BCUT2D eigenvalue weighted by Gasteiger charge is -2.12. The van der Waals surface area contributed by atoms with Gasteiger partial charge in [0.2, 0.25) is 5.43 Å². The van der Waals surface area contributed by atoms with E-state index in [0.29, 0.717) is 17.1 Å². The summed E-state index contributed by atoms with van der Waals surface area (Å²) >= 11 is 0. The standard InChI is InChI=1S/C20H16N4O2/c1-26-19-10-6-5-9-16(19)23-14-12-18(25)20(22-23)17-11-13-21-24(17)15-7-3-2-4-8-15/h2-14H,1H3. The van der Waals surface area contributed by atoms with Crippen molar-refractivity contribution < 1.29 is 4.74 Å². The van der Waals surface area contributed by atoms with Crippen LogP contribution < -0.4 is 10.2 Å². The van der Waals surface area contributed by atoms with Crippen molar-refractivity contribution in [2.45, 2.75) is 0 Å². The van der Waals surface area contributed by atoms with Gasteiger partial charge >= 0.3 is 0 Å². The molecular formula is C20H16N4O2. The number of hydrogen-bond acceptors (Lipinski definition) is 4. The Morgan fingerprint density at radius 3 is 2.50 bits per heavy atom. The minimum atomic E-state index is -0.172. The highest BCUT2D eigenvalue weighted by Gasteiger charge is 2.14. The van der Waals surface area contributed by atoms with Crippen molar-refractivity contribution in [1.29, 1.82) is 0 Å². The van der Waals surface area contributed by atoms with E-state index in [-0.39, 0.29) is 5.43 Å². The Hall–Kier alpha value is -3.67. The minimum Gasteiger partial charge on any atom is -0.494 e. The molecule has 0 aliphatic rings. The molecule has 0 radical (unpaired) electrons. The third-order valence-corrected chi connectivity index (χ3v) is 4.03. The topological polar surface area (TPSA) is 61.9 Å². The zero-order valence-electron chi connectivity index (χ0n) is 14.1. The number of ether oxygens (including phenoxy) is 1. The summed E-state index contributed by atoms with van der Waals surface area (Å²) in [5.41, 5.74) is 2.39. The third kappa shape index (κ3) is 2.77. The van der Waals surface area contributed by atoms with E-state index < -0.39 is 0 Å². The molecule has 26 heavy (non-hydrogen) atoms. The van der Waals surface area contributed by atoms with Crippen molar-refractivity contribution in [3.63, 3.8) is 0 Å². The Kier molecular flexibility index (Phi) is 4.07. The molecule has 2 aromatic heterocycles. The summed E-state index contributed by atoms with van der Waals surface area (Å²) in [5, 5.41) is 8.89. The zero-order chi connectivity index (χ0) is 17.9. The van der Waals surface area contributed by atoms with Crippen LogP contribution in [0.1, 0.15) is 0 Å². The molecule has 128 valence electrons. The van der Waals surface area contributed by atoms with Gasteiger partial charge in [-0.2, -0.15) is 10.2 Å². The lowest BCUT2D eigenvalue weighted by molar-refractivity contribution is 0.411. The normalized spacial score (nSPS) is 10.7. The van der Waals surface area contributed by atoms with Crippen LogP contribution in [0.2, 0.25) is 0 Å². The molecule has 6 heteroatoms. The van der Waals surface area contributed by atoms with Crippen molar-refractivity contribution in [3.05, 3.63) is 89.3 Å². The maximum Gasteiger partial charge on any atom is 0.209 e. The highest BCUT2D eigenvalue weighted by Crippen LogP contribution is 2.22. The molecule has 4 rings (SSSR count). The quantitative estimate of drug-likeness (QED) is 0.571.